The molecule has 0 atom stereocenters. The summed E-state index contributed by atoms with van der Waals surface area (Å²) >= 11 is 0. The first-order valence-corrected chi connectivity index (χ1v) is 4.81. The SMILES string of the molecule is C#Cc1c(O)ccc(O)c1-c1ccccc1. The molecule has 2 rings (SSSR count). The van der Waals surface area contributed by atoms with Crippen LogP contribution < -0.4 is 0 Å². The Morgan fingerprint density at radius 3 is 2.12 bits per heavy atom. The van der Waals surface area contributed by atoms with E-state index in [1.807, 2.05) is 30.3 Å². The largest absolute Gasteiger partial charge is 0.507 e. The van der Waals surface area contributed by atoms with Crippen LogP contribution in [0.4, 0.5) is 0 Å². The lowest BCUT2D eigenvalue weighted by molar-refractivity contribution is 0.460. The molecule has 0 unspecified atom stereocenters. The van der Waals surface area contributed by atoms with Crippen molar-refractivity contribution in [2.75, 3.05) is 0 Å². The van der Waals surface area contributed by atoms with Gasteiger partial charge in [0.1, 0.15) is 11.5 Å². The van der Waals surface area contributed by atoms with Gasteiger partial charge in [-0.15, -0.1) is 6.42 Å². The van der Waals surface area contributed by atoms with Crippen LogP contribution in [0.1, 0.15) is 5.56 Å². The third kappa shape index (κ3) is 1.59. The summed E-state index contributed by atoms with van der Waals surface area (Å²) in [5.74, 6) is 2.46. The lowest BCUT2D eigenvalue weighted by Gasteiger charge is -2.09. The zero-order chi connectivity index (χ0) is 11.5. The second kappa shape index (κ2) is 4.00. The van der Waals surface area contributed by atoms with E-state index < -0.39 is 0 Å². The standard InChI is InChI=1S/C14H10O2/c1-2-11-12(15)8-9-13(16)14(11)10-6-4-3-5-7-10/h1,3-9,15-16H. The van der Waals surface area contributed by atoms with Gasteiger partial charge >= 0.3 is 0 Å². The fourth-order valence-electron chi connectivity index (χ4n) is 1.62. The van der Waals surface area contributed by atoms with Gasteiger partial charge in [0, 0.05) is 5.56 Å². The molecule has 0 aliphatic carbocycles. The van der Waals surface area contributed by atoms with E-state index >= 15 is 0 Å². The van der Waals surface area contributed by atoms with Gasteiger partial charge in [-0.1, -0.05) is 36.3 Å². The van der Waals surface area contributed by atoms with Gasteiger partial charge in [-0.25, -0.2) is 0 Å². The molecule has 2 nitrogen and oxygen atoms in total. The zero-order valence-corrected chi connectivity index (χ0v) is 8.51. The average Bonchev–Trinajstić information content (AvgIpc) is 2.33. The molecule has 2 aromatic carbocycles. The molecule has 0 heterocycles. The second-order valence-corrected chi connectivity index (χ2v) is 3.36. The summed E-state index contributed by atoms with van der Waals surface area (Å²) in [5.41, 5.74) is 1.58. The Hall–Kier alpha value is -2.40. The topological polar surface area (TPSA) is 40.5 Å². The van der Waals surface area contributed by atoms with Crippen molar-refractivity contribution in [3.05, 3.63) is 48.0 Å². The minimum Gasteiger partial charge on any atom is -0.507 e. The van der Waals surface area contributed by atoms with Crippen LogP contribution in [0, 0.1) is 12.3 Å². The summed E-state index contributed by atoms with van der Waals surface area (Å²) in [6.07, 6.45) is 5.34. The van der Waals surface area contributed by atoms with E-state index in [1.165, 1.54) is 12.1 Å². The molecule has 2 heteroatoms. The first-order valence-electron chi connectivity index (χ1n) is 4.81. The van der Waals surface area contributed by atoms with Crippen LogP contribution in [-0.4, -0.2) is 10.2 Å². The Labute approximate surface area is 93.8 Å². The molecule has 0 fully saturated rings. The molecule has 0 aliphatic heterocycles. The maximum atomic E-state index is 9.79. The predicted molar refractivity (Wildman–Crippen MR) is 63.1 cm³/mol. The van der Waals surface area contributed by atoms with Crippen LogP contribution in [0.15, 0.2) is 42.5 Å². The van der Waals surface area contributed by atoms with E-state index in [2.05, 4.69) is 5.92 Å². The Kier molecular flexibility index (Phi) is 2.53. The number of phenolic OH excluding ortho intramolecular Hbond substituents is 2. The minimum atomic E-state index is -0.000784. The Bertz CT molecular complexity index is 551. The summed E-state index contributed by atoms with van der Waals surface area (Å²) in [4.78, 5) is 0. The summed E-state index contributed by atoms with van der Waals surface area (Å²) in [6.45, 7) is 0. The summed E-state index contributed by atoms with van der Waals surface area (Å²) < 4.78 is 0. The molecule has 0 saturated carbocycles. The van der Waals surface area contributed by atoms with Crippen molar-refractivity contribution in [1.29, 1.82) is 0 Å². The highest BCUT2D eigenvalue weighted by Gasteiger charge is 2.12. The van der Waals surface area contributed by atoms with Crippen molar-refractivity contribution in [2.45, 2.75) is 0 Å². The average molecular weight is 210 g/mol. The lowest BCUT2D eigenvalue weighted by atomic mass is 9.98. The normalized spacial score (nSPS) is 9.69. The highest BCUT2D eigenvalue weighted by molar-refractivity contribution is 5.79. The van der Waals surface area contributed by atoms with Crippen molar-refractivity contribution in [1.82, 2.24) is 0 Å². The zero-order valence-electron chi connectivity index (χ0n) is 8.51. The molecule has 0 radical (unpaired) electrons. The number of aromatic hydroxyl groups is 2. The van der Waals surface area contributed by atoms with Gasteiger partial charge in [-0.3, -0.25) is 0 Å². The molecule has 16 heavy (non-hydrogen) atoms. The molecule has 0 bridgehead atoms. The van der Waals surface area contributed by atoms with Crippen molar-refractivity contribution in [3.63, 3.8) is 0 Å². The van der Waals surface area contributed by atoms with Gasteiger partial charge in [0.05, 0.1) is 5.56 Å². The van der Waals surface area contributed by atoms with Gasteiger partial charge in [0.15, 0.2) is 0 Å². The Morgan fingerprint density at radius 2 is 1.50 bits per heavy atom. The van der Waals surface area contributed by atoms with Crippen LogP contribution >= 0.6 is 0 Å². The molecular weight excluding hydrogens is 200 g/mol. The molecule has 0 saturated heterocycles. The van der Waals surface area contributed by atoms with E-state index in [0.717, 1.165) is 5.56 Å². The fourth-order valence-corrected chi connectivity index (χ4v) is 1.62. The number of hydrogen-bond acceptors (Lipinski definition) is 2. The van der Waals surface area contributed by atoms with Gasteiger partial charge in [0.2, 0.25) is 0 Å². The van der Waals surface area contributed by atoms with Gasteiger partial charge in [-0.2, -0.15) is 0 Å². The smallest absolute Gasteiger partial charge is 0.132 e. The molecule has 0 amide bonds. The third-order valence-electron chi connectivity index (χ3n) is 2.37. The maximum Gasteiger partial charge on any atom is 0.132 e. The van der Waals surface area contributed by atoms with Crippen LogP contribution in [0.3, 0.4) is 0 Å². The first-order chi connectivity index (χ1) is 7.74. The molecular formula is C14H10O2. The molecule has 0 aromatic heterocycles. The monoisotopic (exact) mass is 210 g/mol. The van der Waals surface area contributed by atoms with E-state index in [-0.39, 0.29) is 11.5 Å². The molecule has 2 aromatic rings. The van der Waals surface area contributed by atoms with E-state index in [4.69, 9.17) is 6.42 Å². The number of terminal acetylenes is 1. The van der Waals surface area contributed by atoms with Crippen LogP contribution in [0.2, 0.25) is 0 Å². The van der Waals surface area contributed by atoms with E-state index in [9.17, 15) is 10.2 Å². The predicted octanol–water partition coefficient (Wildman–Crippen LogP) is 2.75. The quantitative estimate of drug-likeness (QED) is 0.561. The minimum absolute atomic E-state index is 0.000784. The summed E-state index contributed by atoms with van der Waals surface area (Å²) in [5, 5.41) is 19.4. The van der Waals surface area contributed by atoms with Crippen molar-refractivity contribution in [3.8, 4) is 35.0 Å². The van der Waals surface area contributed by atoms with Crippen molar-refractivity contribution < 1.29 is 10.2 Å². The first kappa shape index (κ1) is 10.1. The van der Waals surface area contributed by atoms with Crippen LogP contribution in [0.25, 0.3) is 11.1 Å². The highest BCUT2D eigenvalue weighted by atomic mass is 16.3. The highest BCUT2D eigenvalue weighted by Crippen LogP contribution is 2.36. The fraction of sp³-hybridized carbons (Fsp3) is 0. The number of rotatable bonds is 1. The Morgan fingerprint density at radius 1 is 0.875 bits per heavy atom. The molecule has 0 spiro atoms. The Balaban J connectivity index is 2.75. The second-order valence-electron chi connectivity index (χ2n) is 3.36. The molecule has 78 valence electrons. The lowest BCUT2D eigenvalue weighted by Crippen LogP contribution is -1.86. The van der Waals surface area contributed by atoms with Crippen LogP contribution in [0.5, 0.6) is 11.5 Å². The summed E-state index contributed by atoms with van der Waals surface area (Å²) in [7, 11) is 0. The molecule has 0 aliphatic rings. The van der Waals surface area contributed by atoms with Crippen molar-refractivity contribution in [2.24, 2.45) is 0 Å². The maximum absolute atomic E-state index is 9.79. The van der Waals surface area contributed by atoms with Gasteiger partial charge in [-0.05, 0) is 17.7 Å². The molecule has 2 N–H and O–H groups in total. The van der Waals surface area contributed by atoms with Gasteiger partial charge < -0.3 is 10.2 Å². The number of phenols is 2. The van der Waals surface area contributed by atoms with E-state index in [1.54, 1.807) is 0 Å². The van der Waals surface area contributed by atoms with E-state index in [0.29, 0.717) is 11.1 Å². The van der Waals surface area contributed by atoms with Crippen LogP contribution in [-0.2, 0) is 0 Å². The summed E-state index contributed by atoms with van der Waals surface area (Å²) in [6, 6.07) is 12.0. The number of benzene rings is 2. The third-order valence-corrected chi connectivity index (χ3v) is 2.37. The van der Waals surface area contributed by atoms with Crippen molar-refractivity contribution >= 4 is 0 Å². The van der Waals surface area contributed by atoms with Gasteiger partial charge in [0.25, 0.3) is 0 Å². The number of hydrogen-bond donors (Lipinski definition) is 2.